The molecular formula is C15H22O4. The monoisotopic (exact) mass is 266 g/mol. The minimum Gasteiger partial charge on any atom is -0.491 e. The maximum atomic E-state index is 11.7. The average Bonchev–Trinajstić information content (AvgIpc) is 2.31. The lowest BCUT2D eigenvalue weighted by Gasteiger charge is -2.24. The van der Waals surface area contributed by atoms with Gasteiger partial charge in [0.15, 0.2) is 5.60 Å². The first-order valence-electron chi connectivity index (χ1n) is 6.48. The molecular weight excluding hydrogens is 244 g/mol. The van der Waals surface area contributed by atoms with Gasteiger partial charge in [-0.1, -0.05) is 0 Å². The Morgan fingerprint density at radius 1 is 1.16 bits per heavy atom. The van der Waals surface area contributed by atoms with Gasteiger partial charge in [0, 0.05) is 0 Å². The Hall–Kier alpha value is -1.71. The van der Waals surface area contributed by atoms with Crippen LogP contribution in [0.2, 0.25) is 0 Å². The highest BCUT2D eigenvalue weighted by Gasteiger charge is 2.31. The predicted molar refractivity (Wildman–Crippen MR) is 73.5 cm³/mol. The number of rotatable bonds is 6. The fraction of sp³-hybridized carbons (Fsp3) is 0.533. The smallest absolute Gasteiger partial charge is 0.349 e. The van der Waals surface area contributed by atoms with Gasteiger partial charge in [0.1, 0.15) is 11.5 Å². The molecule has 1 aromatic carbocycles. The second-order valence-corrected chi connectivity index (χ2v) is 4.97. The van der Waals surface area contributed by atoms with E-state index in [4.69, 9.17) is 14.2 Å². The van der Waals surface area contributed by atoms with Crippen LogP contribution in [0.25, 0.3) is 0 Å². The fourth-order valence-electron chi connectivity index (χ4n) is 1.50. The summed E-state index contributed by atoms with van der Waals surface area (Å²) in [6.07, 6.45) is 0.128. The summed E-state index contributed by atoms with van der Waals surface area (Å²) in [5.74, 6) is 1.00. The Labute approximate surface area is 114 Å². The second kappa shape index (κ2) is 6.45. The van der Waals surface area contributed by atoms with Crippen LogP contribution in [0.15, 0.2) is 24.3 Å². The topological polar surface area (TPSA) is 44.8 Å². The van der Waals surface area contributed by atoms with Crippen LogP contribution in [0, 0.1) is 0 Å². The molecule has 0 fully saturated rings. The number of carbonyl (C=O) groups excluding carboxylic acids is 1. The van der Waals surface area contributed by atoms with Crippen molar-refractivity contribution < 1.29 is 19.0 Å². The average molecular weight is 266 g/mol. The summed E-state index contributed by atoms with van der Waals surface area (Å²) in [5, 5.41) is 0. The van der Waals surface area contributed by atoms with E-state index in [-0.39, 0.29) is 12.1 Å². The molecule has 0 aliphatic carbocycles. The third kappa shape index (κ3) is 4.81. The summed E-state index contributed by atoms with van der Waals surface area (Å²) in [5.41, 5.74) is -1.00. The van der Waals surface area contributed by atoms with E-state index in [0.29, 0.717) is 12.4 Å². The lowest BCUT2D eigenvalue weighted by atomic mass is 10.1. The number of hydrogen-bond donors (Lipinski definition) is 0. The van der Waals surface area contributed by atoms with Crippen LogP contribution in [0.3, 0.4) is 0 Å². The highest BCUT2D eigenvalue weighted by Crippen LogP contribution is 2.23. The van der Waals surface area contributed by atoms with Crippen LogP contribution >= 0.6 is 0 Å². The van der Waals surface area contributed by atoms with Gasteiger partial charge in [-0.15, -0.1) is 0 Å². The maximum absolute atomic E-state index is 11.7. The highest BCUT2D eigenvalue weighted by molar-refractivity contribution is 5.79. The zero-order valence-electron chi connectivity index (χ0n) is 12.2. The Balaban J connectivity index is 2.69. The first kappa shape index (κ1) is 15.3. The number of benzene rings is 1. The van der Waals surface area contributed by atoms with E-state index in [9.17, 15) is 4.79 Å². The molecule has 4 heteroatoms. The molecule has 106 valence electrons. The van der Waals surface area contributed by atoms with Crippen LogP contribution in [0.4, 0.5) is 0 Å². The zero-order chi connectivity index (χ0) is 14.5. The first-order chi connectivity index (χ1) is 8.85. The summed E-state index contributed by atoms with van der Waals surface area (Å²) in [7, 11) is 0. The van der Waals surface area contributed by atoms with E-state index in [0.717, 1.165) is 5.75 Å². The lowest BCUT2D eigenvalue weighted by Crippen LogP contribution is -2.39. The van der Waals surface area contributed by atoms with Gasteiger partial charge in [-0.25, -0.2) is 4.79 Å². The van der Waals surface area contributed by atoms with Gasteiger partial charge in [-0.2, -0.15) is 0 Å². The molecule has 0 unspecified atom stereocenters. The molecule has 4 nitrogen and oxygen atoms in total. The van der Waals surface area contributed by atoms with Crippen molar-refractivity contribution in [1.29, 1.82) is 0 Å². The molecule has 0 aliphatic heterocycles. The van der Waals surface area contributed by atoms with Crippen molar-refractivity contribution in [2.24, 2.45) is 0 Å². The molecule has 0 N–H and O–H groups in total. The zero-order valence-corrected chi connectivity index (χ0v) is 12.2. The van der Waals surface area contributed by atoms with Crippen LogP contribution in [-0.2, 0) is 9.53 Å². The predicted octanol–water partition coefficient (Wildman–Crippen LogP) is 3.19. The Morgan fingerprint density at radius 2 is 1.68 bits per heavy atom. The normalized spacial score (nSPS) is 11.3. The van der Waals surface area contributed by atoms with Gasteiger partial charge in [0.05, 0.1) is 12.7 Å². The maximum Gasteiger partial charge on any atom is 0.349 e. The molecule has 0 aromatic heterocycles. The first-order valence-corrected chi connectivity index (χ1v) is 6.48. The molecule has 0 saturated heterocycles. The summed E-state index contributed by atoms with van der Waals surface area (Å²) in [6.45, 7) is 9.41. The van der Waals surface area contributed by atoms with Crippen molar-refractivity contribution in [3.05, 3.63) is 24.3 Å². The third-order valence-corrected chi connectivity index (χ3v) is 2.34. The third-order valence-electron chi connectivity index (χ3n) is 2.34. The fourth-order valence-corrected chi connectivity index (χ4v) is 1.50. The van der Waals surface area contributed by atoms with E-state index in [2.05, 4.69) is 0 Å². The standard InChI is InChI=1S/C15H22O4/c1-6-17-14(16)15(4,5)19-13-9-7-12(8-10-13)18-11(2)3/h7-11H,6H2,1-5H3. The van der Waals surface area contributed by atoms with Gasteiger partial charge < -0.3 is 14.2 Å². The van der Waals surface area contributed by atoms with Gasteiger partial charge >= 0.3 is 5.97 Å². The van der Waals surface area contributed by atoms with Gasteiger partial charge in [0.2, 0.25) is 0 Å². The van der Waals surface area contributed by atoms with Crippen molar-refractivity contribution >= 4 is 5.97 Å². The van der Waals surface area contributed by atoms with Gasteiger partial charge in [0.25, 0.3) is 0 Å². The quantitative estimate of drug-likeness (QED) is 0.742. The van der Waals surface area contributed by atoms with Crippen LogP contribution in [0.1, 0.15) is 34.6 Å². The highest BCUT2D eigenvalue weighted by atomic mass is 16.6. The molecule has 0 amide bonds. The molecule has 0 bridgehead atoms. The molecule has 0 saturated carbocycles. The van der Waals surface area contributed by atoms with Crippen LogP contribution in [-0.4, -0.2) is 24.3 Å². The van der Waals surface area contributed by atoms with Gasteiger partial charge in [-0.3, -0.25) is 0 Å². The van der Waals surface area contributed by atoms with Crippen molar-refractivity contribution in [2.75, 3.05) is 6.61 Å². The SMILES string of the molecule is CCOC(=O)C(C)(C)Oc1ccc(OC(C)C)cc1. The molecule has 0 radical (unpaired) electrons. The second-order valence-electron chi connectivity index (χ2n) is 4.97. The molecule has 19 heavy (non-hydrogen) atoms. The Morgan fingerprint density at radius 3 is 2.16 bits per heavy atom. The summed E-state index contributed by atoms with van der Waals surface area (Å²) < 4.78 is 16.2. The number of hydrogen-bond acceptors (Lipinski definition) is 4. The van der Waals surface area contributed by atoms with Gasteiger partial charge in [-0.05, 0) is 58.9 Å². The number of esters is 1. The Bertz CT molecular complexity index is 407. The van der Waals surface area contributed by atoms with Crippen LogP contribution < -0.4 is 9.47 Å². The minimum atomic E-state index is -1.00. The number of ether oxygens (including phenoxy) is 3. The molecule has 1 rings (SSSR count). The molecule has 0 spiro atoms. The largest absolute Gasteiger partial charge is 0.491 e. The number of carbonyl (C=O) groups is 1. The lowest BCUT2D eigenvalue weighted by molar-refractivity contribution is -0.158. The van der Waals surface area contributed by atoms with E-state index >= 15 is 0 Å². The Kier molecular flexibility index (Phi) is 5.21. The van der Waals surface area contributed by atoms with E-state index in [1.807, 2.05) is 26.0 Å². The minimum absolute atomic E-state index is 0.128. The van der Waals surface area contributed by atoms with E-state index in [1.165, 1.54) is 0 Å². The summed E-state index contributed by atoms with van der Waals surface area (Å²) in [6, 6.07) is 7.19. The summed E-state index contributed by atoms with van der Waals surface area (Å²) >= 11 is 0. The van der Waals surface area contributed by atoms with Crippen molar-refractivity contribution in [2.45, 2.75) is 46.3 Å². The van der Waals surface area contributed by atoms with Crippen LogP contribution in [0.5, 0.6) is 11.5 Å². The van der Waals surface area contributed by atoms with E-state index < -0.39 is 5.60 Å². The molecule has 0 heterocycles. The molecule has 1 aromatic rings. The van der Waals surface area contributed by atoms with Crippen molar-refractivity contribution in [3.8, 4) is 11.5 Å². The summed E-state index contributed by atoms with van der Waals surface area (Å²) in [4.78, 5) is 11.7. The molecule has 0 atom stereocenters. The van der Waals surface area contributed by atoms with Crippen molar-refractivity contribution in [3.63, 3.8) is 0 Å². The van der Waals surface area contributed by atoms with Crippen molar-refractivity contribution in [1.82, 2.24) is 0 Å². The van der Waals surface area contributed by atoms with E-state index in [1.54, 1.807) is 32.9 Å². The molecule has 0 aliphatic rings.